The Kier molecular flexibility index (Phi) is 4.68. The van der Waals surface area contributed by atoms with Gasteiger partial charge in [-0.05, 0) is 36.6 Å². The van der Waals surface area contributed by atoms with Gasteiger partial charge in [-0.3, -0.25) is 9.36 Å². The van der Waals surface area contributed by atoms with E-state index in [2.05, 4.69) is 4.57 Å². The van der Waals surface area contributed by atoms with Crippen LogP contribution in [0.25, 0.3) is 33.2 Å². The maximum Gasteiger partial charge on any atom is 0.265 e. The number of fused-ring (bicyclic) bond motifs is 4. The molecule has 1 fully saturated rings. The Balaban J connectivity index is 1.64. The van der Waals surface area contributed by atoms with Crippen molar-refractivity contribution in [1.29, 1.82) is 0 Å². The van der Waals surface area contributed by atoms with Crippen LogP contribution in [0.1, 0.15) is 43.7 Å². The smallest absolute Gasteiger partial charge is 0.265 e. The summed E-state index contributed by atoms with van der Waals surface area (Å²) in [5, 5.41) is 1.17. The highest BCUT2D eigenvalue weighted by atomic mass is 35.5. The van der Waals surface area contributed by atoms with Crippen LogP contribution in [-0.4, -0.2) is 24.1 Å². The first kappa shape index (κ1) is 19.4. The van der Waals surface area contributed by atoms with Crippen molar-refractivity contribution in [2.24, 2.45) is 0 Å². The molecule has 0 radical (unpaired) electrons. The fourth-order valence-electron chi connectivity index (χ4n) is 4.91. The maximum atomic E-state index is 13.7. The molecule has 1 saturated carbocycles. The molecule has 5 aromatic rings. The molecule has 3 heterocycles. The third-order valence-electron chi connectivity index (χ3n) is 6.50. The molecule has 6 nitrogen and oxygen atoms in total. The highest BCUT2D eigenvalue weighted by molar-refractivity contribution is 6.31. The van der Waals surface area contributed by atoms with Crippen LogP contribution in [0, 0.1) is 0 Å². The average molecular weight is 444 g/mol. The van der Waals surface area contributed by atoms with Gasteiger partial charge in [-0.15, -0.1) is 0 Å². The molecular formula is C25H22ClN5O. The molecular weight excluding hydrogens is 422 g/mol. The molecule has 3 aromatic heterocycles. The number of nitrogens with zero attached hydrogens (tertiary/aromatic N) is 5. The van der Waals surface area contributed by atoms with Gasteiger partial charge in [0, 0.05) is 11.1 Å². The SMILES string of the molecule is O=c1c2c3nc4ccccc4nc3n(C3CCCCC3)c2ncn1Cc1ccccc1Cl. The second-order valence-electron chi connectivity index (χ2n) is 8.51. The number of hydrogen-bond acceptors (Lipinski definition) is 4. The number of rotatable bonds is 3. The zero-order chi connectivity index (χ0) is 21.7. The van der Waals surface area contributed by atoms with Gasteiger partial charge in [0.25, 0.3) is 5.56 Å². The zero-order valence-electron chi connectivity index (χ0n) is 17.5. The Bertz CT molecular complexity index is 1530. The first-order valence-corrected chi connectivity index (χ1v) is 11.5. The summed E-state index contributed by atoms with van der Waals surface area (Å²) < 4.78 is 3.79. The summed E-state index contributed by atoms with van der Waals surface area (Å²) in [5.41, 5.74) is 4.45. The third kappa shape index (κ3) is 3.09. The van der Waals surface area contributed by atoms with Crippen LogP contribution in [0.3, 0.4) is 0 Å². The number of hydrogen-bond donors (Lipinski definition) is 0. The molecule has 0 bridgehead atoms. The molecule has 2 aromatic carbocycles. The lowest BCUT2D eigenvalue weighted by molar-refractivity contribution is 0.365. The molecule has 0 aliphatic heterocycles. The van der Waals surface area contributed by atoms with Crippen LogP contribution < -0.4 is 5.56 Å². The molecule has 7 heteroatoms. The number of halogens is 1. The molecule has 1 aliphatic carbocycles. The summed E-state index contributed by atoms with van der Waals surface area (Å²) in [5.74, 6) is 0. The topological polar surface area (TPSA) is 65.6 Å². The Hall–Kier alpha value is -3.25. The molecule has 0 N–H and O–H groups in total. The molecule has 0 saturated heterocycles. The van der Waals surface area contributed by atoms with E-state index in [0.717, 1.165) is 35.1 Å². The van der Waals surface area contributed by atoms with E-state index in [4.69, 9.17) is 26.6 Å². The number of aromatic nitrogens is 5. The van der Waals surface area contributed by atoms with E-state index in [-0.39, 0.29) is 11.6 Å². The molecule has 32 heavy (non-hydrogen) atoms. The fraction of sp³-hybridized carbons (Fsp3) is 0.280. The summed E-state index contributed by atoms with van der Waals surface area (Å²) in [6.45, 7) is 0.360. The van der Waals surface area contributed by atoms with Crippen LogP contribution in [0.15, 0.2) is 59.7 Å². The summed E-state index contributed by atoms with van der Waals surface area (Å²) >= 11 is 6.35. The lowest BCUT2D eigenvalue weighted by Gasteiger charge is -2.24. The van der Waals surface area contributed by atoms with Gasteiger partial charge in [-0.2, -0.15) is 0 Å². The second-order valence-corrected chi connectivity index (χ2v) is 8.92. The minimum absolute atomic E-state index is 0.112. The highest BCUT2D eigenvalue weighted by Gasteiger charge is 2.25. The molecule has 160 valence electrons. The summed E-state index contributed by atoms with van der Waals surface area (Å²) in [6, 6.07) is 15.7. The van der Waals surface area contributed by atoms with Crippen molar-refractivity contribution < 1.29 is 0 Å². The zero-order valence-corrected chi connectivity index (χ0v) is 18.3. The minimum atomic E-state index is -0.112. The summed E-state index contributed by atoms with van der Waals surface area (Å²) in [6.07, 6.45) is 7.37. The van der Waals surface area contributed by atoms with Crippen LogP contribution in [0.2, 0.25) is 5.02 Å². The lowest BCUT2D eigenvalue weighted by Crippen LogP contribution is -2.22. The number of benzene rings is 2. The van der Waals surface area contributed by atoms with Crippen LogP contribution in [0.4, 0.5) is 0 Å². The van der Waals surface area contributed by atoms with E-state index in [1.807, 2.05) is 48.5 Å². The van der Waals surface area contributed by atoms with E-state index in [9.17, 15) is 4.79 Å². The van der Waals surface area contributed by atoms with Gasteiger partial charge in [0.2, 0.25) is 0 Å². The average Bonchev–Trinajstić information content (AvgIpc) is 3.15. The summed E-state index contributed by atoms with van der Waals surface area (Å²) in [7, 11) is 0. The first-order chi connectivity index (χ1) is 15.7. The van der Waals surface area contributed by atoms with Gasteiger partial charge >= 0.3 is 0 Å². The minimum Gasteiger partial charge on any atom is -0.305 e. The fourth-order valence-corrected chi connectivity index (χ4v) is 5.10. The van der Waals surface area contributed by atoms with Crippen molar-refractivity contribution in [2.45, 2.75) is 44.7 Å². The van der Waals surface area contributed by atoms with Crippen LogP contribution in [0.5, 0.6) is 0 Å². The Morgan fingerprint density at radius 3 is 2.41 bits per heavy atom. The van der Waals surface area contributed by atoms with E-state index in [1.54, 1.807) is 10.9 Å². The van der Waals surface area contributed by atoms with Gasteiger partial charge in [-0.25, -0.2) is 15.0 Å². The van der Waals surface area contributed by atoms with Crippen molar-refractivity contribution in [1.82, 2.24) is 24.1 Å². The highest BCUT2D eigenvalue weighted by Crippen LogP contribution is 2.35. The molecule has 0 unspecified atom stereocenters. The monoisotopic (exact) mass is 443 g/mol. The van der Waals surface area contributed by atoms with Gasteiger partial charge in [-0.1, -0.05) is 61.2 Å². The van der Waals surface area contributed by atoms with E-state index >= 15 is 0 Å². The lowest BCUT2D eigenvalue weighted by atomic mass is 9.95. The van der Waals surface area contributed by atoms with Crippen LogP contribution in [-0.2, 0) is 6.54 Å². The quantitative estimate of drug-likeness (QED) is 0.369. The first-order valence-electron chi connectivity index (χ1n) is 11.1. The van der Waals surface area contributed by atoms with E-state index < -0.39 is 0 Å². The molecule has 0 amide bonds. The molecule has 1 aliphatic rings. The largest absolute Gasteiger partial charge is 0.305 e. The van der Waals surface area contributed by atoms with Crippen molar-refractivity contribution in [3.63, 3.8) is 0 Å². The van der Waals surface area contributed by atoms with Gasteiger partial charge in [0.15, 0.2) is 11.3 Å². The predicted molar refractivity (Wildman–Crippen MR) is 127 cm³/mol. The van der Waals surface area contributed by atoms with Gasteiger partial charge < -0.3 is 4.57 Å². The molecule has 0 spiro atoms. The Morgan fingerprint density at radius 1 is 0.906 bits per heavy atom. The second kappa shape index (κ2) is 7.71. The molecule has 6 rings (SSSR count). The Morgan fingerprint density at radius 2 is 1.62 bits per heavy atom. The van der Waals surface area contributed by atoms with Gasteiger partial charge in [0.05, 0.1) is 17.6 Å². The normalized spacial score (nSPS) is 15.2. The van der Waals surface area contributed by atoms with Crippen molar-refractivity contribution in [2.75, 3.05) is 0 Å². The van der Waals surface area contributed by atoms with E-state index in [1.165, 1.54) is 19.3 Å². The Labute approximate surface area is 189 Å². The molecule has 0 atom stereocenters. The number of para-hydroxylation sites is 2. The van der Waals surface area contributed by atoms with Crippen molar-refractivity contribution >= 4 is 44.8 Å². The van der Waals surface area contributed by atoms with Crippen molar-refractivity contribution in [3.05, 3.63) is 75.8 Å². The van der Waals surface area contributed by atoms with Crippen molar-refractivity contribution in [3.8, 4) is 0 Å². The summed E-state index contributed by atoms with van der Waals surface area (Å²) in [4.78, 5) is 28.3. The van der Waals surface area contributed by atoms with Gasteiger partial charge in [0.1, 0.15) is 17.2 Å². The standard InChI is InChI=1S/C25H22ClN5O/c26-18-11-5-4-8-16(18)14-30-15-27-23-21(25(30)32)22-24(31(23)17-9-2-1-3-10-17)29-20-13-7-6-12-19(20)28-22/h4-8,11-13,15,17H,1-3,9-10,14H2. The predicted octanol–water partition coefficient (Wildman–Crippen LogP) is 5.50. The maximum absolute atomic E-state index is 13.7. The van der Waals surface area contributed by atoms with Crippen LogP contribution >= 0.6 is 11.6 Å². The third-order valence-corrected chi connectivity index (χ3v) is 6.87. The van der Waals surface area contributed by atoms with E-state index in [0.29, 0.717) is 28.1 Å².